The first-order chi connectivity index (χ1) is 11.0. The predicted molar refractivity (Wildman–Crippen MR) is 91.7 cm³/mol. The zero-order valence-electron chi connectivity index (χ0n) is 13.3. The fraction of sp³-hybridized carbons (Fsp3) is 0.263. The van der Waals surface area contributed by atoms with Gasteiger partial charge in [0.1, 0.15) is 0 Å². The molecule has 1 aliphatic carbocycles. The highest BCUT2D eigenvalue weighted by atomic mass is 16.2. The van der Waals surface area contributed by atoms with Gasteiger partial charge in [-0.05, 0) is 62.1 Å². The molecule has 2 aromatic carbocycles. The molecule has 2 N–H and O–H groups in total. The molecule has 1 fully saturated rings. The number of nitrogens with one attached hydrogen (secondary N) is 2. The molecule has 0 heterocycles. The molecular formula is C19H20N2O2. The maximum Gasteiger partial charge on any atom is 0.255 e. The van der Waals surface area contributed by atoms with Crippen LogP contribution in [0.1, 0.15) is 34.3 Å². The molecule has 2 amide bonds. The molecule has 0 spiro atoms. The van der Waals surface area contributed by atoms with Gasteiger partial charge in [0.15, 0.2) is 0 Å². The van der Waals surface area contributed by atoms with Crippen LogP contribution in [0.5, 0.6) is 0 Å². The molecule has 0 aromatic heterocycles. The van der Waals surface area contributed by atoms with Crippen LogP contribution in [0.25, 0.3) is 0 Å². The van der Waals surface area contributed by atoms with Crippen LogP contribution >= 0.6 is 0 Å². The van der Waals surface area contributed by atoms with Gasteiger partial charge in [-0.3, -0.25) is 9.59 Å². The van der Waals surface area contributed by atoms with Gasteiger partial charge >= 0.3 is 0 Å². The zero-order chi connectivity index (χ0) is 16.4. The summed E-state index contributed by atoms with van der Waals surface area (Å²) in [6.07, 6.45) is 1.91. The van der Waals surface area contributed by atoms with E-state index in [0.29, 0.717) is 11.3 Å². The molecule has 23 heavy (non-hydrogen) atoms. The summed E-state index contributed by atoms with van der Waals surface area (Å²) in [5.74, 6) is 0.000680. The molecule has 4 heteroatoms. The van der Waals surface area contributed by atoms with Crippen molar-refractivity contribution >= 4 is 23.2 Å². The van der Waals surface area contributed by atoms with Crippen molar-refractivity contribution in [3.05, 3.63) is 59.2 Å². The fourth-order valence-electron chi connectivity index (χ4n) is 2.39. The van der Waals surface area contributed by atoms with Gasteiger partial charge in [0.2, 0.25) is 5.91 Å². The summed E-state index contributed by atoms with van der Waals surface area (Å²) in [6.45, 7) is 3.95. The van der Waals surface area contributed by atoms with Gasteiger partial charge < -0.3 is 10.6 Å². The first-order valence-corrected chi connectivity index (χ1v) is 7.82. The summed E-state index contributed by atoms with van der Waals surface area (Å²) in [7, 11) is 0. The third kappa shape index (κ3) is 3.77. The number of hydrogen-bond acceptors (Lipinski definition) is 2. The Morgan fingerprint density at radius 2 is 1.78 bits per heavy atom. The second kappa shape index (κ2) is 6.24. The highest BCUT2D eigenvalue weighted by molar-refractivity contribution is 6.05. The lowest BCUT2D eigenvalue weighted by Crippen LogP contribution is -2.15. The third-order valence-corrected chi connectivity index (χ3v) is 3.98. The van der Waals surface area contributed by atoms with E-state index in [0.717, 1.165) is 29.7 Å². The van der Waals surface area contributed by atoms with E-state index in [2.05, 4.69) is 10.6 Å². The van der Waals surface area contributed by atoms with E-state index in [9.17, 15) is 9.59 Å². The Hall–Kier alpha value is -2.62. The Labute approximate surface area is 135 Å². The van der Waals surface area contributed by atoms with Gasteiger partial charge in [-0.1, -0.05) is 18.2 Å². The minimum Gasteiger partial charge on any atom is -0.326 e. The van der Waals surface area contributed by atoms with Gasteiger partial charge in [-0.2, -0.15) is 0 Å². The average Bonchev–Trinajstić information content (AvgIpc) is 3.36. The summed E-state index contributed by atoms with van der Waals surface area (Å²) < 4.78 is 0. The van der Waals surface area contributed by atoms with Crippen molar-refractivity contribution in [3.8, 4) is 0 Å². The van der Waals surface area contributed by atoms with Crippen molar-refractivity contribution in [1.29, 1.82) is 0 Å². The quantitative estimate of drug-likeness (QED) is 0.900. The third-order valence-electron chi connectivity index (χ3n) is 3.98. The molecule has 0 bridgehead atoms. The molecule has 2 aromatic rings. The number of hydrogen-bond donors (Lipinski definition) is 2. The SMILES string of the molecule is Cc1ccc(C)c(NC(=O)c2cccc(NC(=O)C3CC3)c2)c1. The molecule has 1 aliphatic rings. The van der Waals surface area contributed by atoms with Gasteiger partial charge in [0.05, 0.1) is 0 Å². The number of carbonyl (C=O) groups excluding carboxylic acids is 2. The van der Waals surface area contributed by atoms with Crippen LogP contribution in [-0.2, 0) is 4.79 Å². The summed E-state index contributed by atoms with van der Waals surface area (Å²) in [5.41, 5.74) is 4.11. The smallest absolute Gasteiger partial charge is 0.255 e. The monoisotopic (exact) mass is 308 g/mol. The van der Waals surface area contributed by atoms with Crippen molar-refractivity contribution in [2.24, 2.45) is 5.92 Å². The minimum absolute atomic E-state index is 0.0390. The van der Waals surface area contributed by atoms with Crippen LogP contribution in [-0.4, -0.2) is 11.8 Å². The van der Waals surface area contributed by atoms with E-state index < -0.39 is 0 Å². The van der Waals surface area contributed by atoms with Crippen molar-refractivity contribution in [3.63, 3.8) is 0 Å². The molecule has 118 valence electrons. The Balaban J connectivity index is 1.74. The number of rotatable bonds is 4. The second-order valence-electron chi connectivity index (χ2n) is 6.12. The zero-order valence-corrected chi connectivity index (χ0v) is 13.3. The Morgan fingerprint density at radius 3 is 2.52 bits per heavy atom. The van der Waals surface area contributed by atoms with E-state index in [4.69, 9.17) is 0 Å². The number of carbonyl (C=O) groups is 2. The van der Waals surface area contributed by atoms with Crippen LogP contribution in [0, 0.1) is 19.8 Å². The Bertz CT molecular complexity index is 764. The topological polar surface area (TPSA) is 58.2 Å². The summed E-state index contributed by atoms with van der Waals surface area (Å²) in [6, 6.07) is 13.0. The maximum atomic E-state index is 12.4. The summed E-state index contributed by atoms with van der Waals surface area (Å²) in [5, 5.41) is 5.80. The van der Waals surface area contributed by atoms with E-state index in [1.165, 1.54) is 0 Å². The largest absolute Gasteiger partial charge is 0.326 e. The lowest BCUT2D eigenvalue weighted by molar-refractivity contribution is -0.117. The number of benzene rings is 2. The fourth-order valence-corrected chi connectivity index (χ4v) is 2.39. The van der Waals surface area contributed by atoms with E-state index >= 15 is 0 Å². The second-order valence-corrected chi connectivity index (χ2v) is 6.12. The van der Waals surface area contributed by atoms with E-state index in [1.807, 2.05) is 32.0 Å². The van der Waals surface area contributed by atoms with E-state index in [1.54, 1.807) is 24.3 Å². The van der Waals surface area contributed by atoms with Gasteiger partial charge in [0.25, 0.3) is 5.91 Å². The number of aryl methyl sites for hydroxylation is 2. The lowest BCUT2D eigenvalue weighted by Gasteiger charge is -2.10. The molecule has 0 unspecified atom stereocenters. The highest BCUT2D eigenvalue weighted by Gasteiger charge is 2.29. The van der Waals surface area contributed by atoms with Crippen LogP contribution in [0.3, 0.4) is 0 Å². The highest BCUT2D eigenvalue weighted by Crippen LogP contribution is 2.30. The van der Waals surface area contributed by atoms with Gasteiger partial charge in [-0.15, -0.1) is 0 Å². The van der Waals surface area contributed by atoms with Crippen molar-refractivity contribution in [2.45, 2.75) is 26.7 Å². The molecule has 1 saturated carbocycles. The molecule has 0 atom stereocenters. The van der Waals surface area contributed by atoms with Crippen molar-refractivity contribution in [1.82, 2.24) is 0 Å². The molecular weight excluding hydrogens is 288 g/mol. The van der Waals surface area contributed by atoms with Gasteiger partial charge in [-0.25, -0.2) is 0 Å². The number of anilines is 2. The van der Waals surface area contributed by atoms with Crippen LogP contribution < -0.4 is 10.6 Å². The van der Waals surface area contributed by atoms with E-state index in [-0.39, 0.29) is 17.7 Å². The maximum absolute atomic E-state index is 12.4. The molecule has 4 nitrogen and oxygen atoms in total. The lowest BCUT2D eigenvalue weighted by atomic mass is 10.1. The van der Waals surface area contributed by atoms with Crippen LogP contribution in [0.2, 0.25) is 0 Å². The predicted octanol–water partition coefficient (Wildman–Crippen LogP) is 3.90. The van der Waals surface area contributed by atoms with Crippen molar-refractivity contribution < 1.29 is 9.59 Å². The van der Waals surface area contributed by atoms with Crippen LogP contribution in [0.4, 0.5) is 11.4 Å². The number of amides is 2. The summed E-state index contributed by atoms with van der Waals surface area (Å²) in [4.78, 5) is 24.3. The van der Waals surface area contributed by atoms with Gasteiger partial charge in [0, 0.05) is 22.9 Å². The molecule has 3 rings (SSSR count). The Kier molecular flexibility index (Phi) is 4.15. The average molecular weight is 308 g/mol. The molecule has 0 aliphatic heterocycles. The summed E-state index contributed by atoms with van der Waals surface area (Å²) >= 11 is 0. The minimum atomic E-state index is -0.179. The molecule has 0 radical (unpaired) electrons. The van der Waals surface area contributed by atoms with Crippen molar-refractivity contribution in [2.75, 3.05) is 10.6 Å². The van der Waals surface area contributed by atoms with Crippen LogP contribution in [0.15, 0.2) is 42.5 Å². The first-order valence-electron chi connectivity index (χ1n) is 7.82. The standard InChI is InChI=1S/C19H20N2O2/c1-12-6-7-13(2)17(10-12)21-19(23)15-4-3-5-16(11-15)20-18(22)14-8-9-14/h3-7,10-11,14H,8-9H2,1-2H3,(H,20,22)(H,21,23). The Morgan fingerprint density at radius 1 is 1.00 bits per heavy atom. The first kappa shape index (κ1) is 15.3. The molecule has 0 saturated heterocycles. The normalized spacial score (nSPS) is 13.5.